The van der Waals surface area contributed by atoms with E-state index in [2.05, 4.69) is 20.5 Å². The number of amides is 3. The van der Waals surface area contributed by atoms with Crippen molar-refractivity contribution in [2.24, 2.45) is 0 Å². The average Bonchev–Trinajstić information content (AvgIpc) is 2.67. The Morgan fingerprint density at radius 2 is 1.89 bits per heavy atom. The molecular weight excluding hydrogens is 382 g/mol. The molecule has 28 heavy (non-hydrogen) atoms. The molecule has 0 atom stereocenters. The Morgan fingerprint density at radius 3 is 2.54 bits per heavy atom. The number of benzene rings is 1. The largest absolute Gasteiger partial charge is 0.465 e. The van der Waals surface area contributed by atoms with Gasteiger partial charge in [0.05, 0.1) is 22.6 Å². The van der Waals surface area contributed by atoms with Gasteiger partial charge in [0, 0.05) is 38.4 Å². The summed E-state index contributed by atoms with van der Waals surface area (Å²) < 4.78 is 0. The zero-order valence-electron chi connectivity index (χ0n) is 15.5. The molecular formula is C19H22ClN5O3. The minimum Gasteiger partial charge on any atom is -0.465 e. The number of nitrogens with one attached hydrogen (secondary N) is 2. The zero-order chi connectivity index (χ0) is 20.1. The van der Waals surface area contributed by atoms with Crippen LogP contribution in [0.2, 0.25) is 5.02 Å². The molecule has 0 saturated carbocycles. The van der Waals surface area contributed by atoms with Gasteiger partial charge >= 0.3 is 12.1 Å². The van der Waals surface area contributed by atoms with E-state index in [4.69, 9.17) is 16.7 Å². The summed E-state index contributed by atoms with van der Waals surface area (Å²) in [7, 11) is 0. The number of aryl methyl sites for hydroxylation is 1. The molecule has 148 valence electrons. The molecule has 0 radical (unpaired) electrons. The third kappa shape index (κ3) is 5.34. The molecule has 0 spiro atoms. The van der Waals surface area contributed by atoms with Crippen molar-refractivity contribution in [1.29, 1.82) is 0 Å². The second kappa shape index (κ2) is 8.90. The number of carboxylic acid groups (broad SMARTS) is 1. The van der Waals surface area contributed by atoms with Gasteiger partial charge in [0.1, 0.15) is 0 Å². The highest BCUT2D eigenvalue weighted by molar-refractivity contribution is 6.33. The van der Waals surface area contributed by atoms with E-state index < -0.39 is 12.1 Å². The van der Waals surface area contributed by atoms with Crippen LogP contribution in [0.25, 0.3) is 0 Å². The highest BCUT2D eigenvalue weighted by Crippen LogP contribution is 2.24. The molecule has 0 aliphatic carbocycles. The Labute approximate surface area is 168 Å². The van der Waals surface area contributed by atoms with Crippen molar-refractivity contribution in [3.8, 4) is 0 Å². The monoisotopic (exact) mass is 403 g/mol. The Bertz CT molecular complexity index is 851. The summed E-state index contributed by atoms with van der Waals surface area (Å²) in [6.07, 6.45) is 0.705. The van der Waals surface area contributed by atoms with Crippen LogP contribution in [0.5, 0.6) is 0 Å². The van der Waals surface area contributed by atoms with E-state index in [0.717, 1.165) is 11.3 Å². The van der Waals surface area contributed by atoms with Gasteiger partial charge in [0.25, 0.3) is 0 Å². The standard InChI is InChI=1S/C19H22ClN5O3/c1-13-2-4-15(11-21-13)22-18(26)23-17-10-14(3-5-16(17)20)12-24-6-8-25(9-7-24)19(27)28/h2-5,10-11H,6-9,12H2,1H3,(H,27,28)(H2,22,23,26). The summed E-state index contributed by atoms with van der Waals surface area (Å²) in [5, 5.41) is 14.9. The number of piperazine rings is 1. The van der Waals surface area contributed by atoms with E-state index in [1.807, 2.05) is 25.1 Å². The first-order chi connectivity index (χ1) is 13.4. The van der Waals surface area contributed by atoms with Crippen LogP contribution in [0.4, 0.5) is 21.0 Å². The van der Waals surface area contributed by atoms with Gasteiger partial charge in [-0.1, -0.05) is 17.7 Å². The predicted octanol–water partition coefficient (Wildman–Crippen LogP) is 3.48. The fraction of sp³-hybridized carbons (Fsp3) is 0.316. The highest BCUT2D eigenvalue weighted by Gasteiger charge is 2.20. The molecule has 1 aliphatic rings. The molecule has 0 bridgehead atoms. The number of hydrogen-bond acceptors (Lipinski definition) is 4. The molecule has 3 N–H and O–H groups in total. The minimum atomic E-state index is -0.882. The first-order valence-corrected chi connectivity index (χ1v) is 9.28. The van der Waals surface area contributed by atoms with Crippen LogP contribution >= 0.6 is 11.6 Å². The van der Waals surface area contributed by atoms with Gasteiger partial charge in [0.15, 0.2) is 0 Å². The number of pyridine rings is 1. The average molecular weight is 404 g/mol. The molecule has 2 heterocycles. The summed E-state index contributed by atoms with van der Waals surface area (Å²) >= 11 is 6.22. The van der Waals surface area contributed by atoms with Crippen molar-refractivity contribution in [2.75, 3.05) is 36.8 Å². The number of hydrogen-bond donors (Lipinski definition) is 3. The molecule has 1 saturated heterocycles. The van der Waals surface area contributed by atoms with Gasteiger partial charge in [-0.3, -0.25) is 9.88 Å². The zero-order valence-corrected chi connectivity index (χ0v) is 16.2. The third-order valence-corrected chi connectivity index (χ3v) is 4.83. The minimum absolute atomic E-state index is 0.403. The van der Waals surface area contributed by atoms with Crippen molar-refractivity contribution in [3.63, 3.8) is 0 Å². The first-order valence-electron chi connectivity index (χ1n) is 8.90. The van der Waals surface area contributed by atoms with E-state index in [1.54, 1.807) is 18.3 Å². The number of carbonyl (C=O) groups is 2. The molecule has 1 aromatic heterocycles. The van der Waals surface area contributed by atoms with E-state index in [1.165, 1.54) is 4.90 Å². The maximum absolute atomic E-state index is 12.2. The maximum Gasteiger partial charge on any atom is 0.407 e. The molecule has 3 amide bonds. The van der Waals surface area contributed by atoms with Crippen LogP contribution in [0, 0.1) is 6.92 Å². The summed E-state index contributed by atoms with van der Waals surface area (Å²) in [5.74, 6) is 0. The van der Waals surface area contributed by atoms with Gasteiger partial charge in [-0.15, -0.1) is 0 Å². The fourth-order valence-corrected chi connectivity index (χ4v) is 3.11. The van der Waals surface area contributed by atoms with Crippen LogP contribution in [0.3, 0.4) is 0 Å². The molecule has 8 nitrogen and oxygen atoms in total. The first kappa shape index (κ1) is 19.9. The molecule has 1 fully saturated rings. The Hall–Kier alpha value is -2.84. The number of rotatable bonds is 4. The summed E-state index contributed by atoms with van der Waals surface area (Å²) in [4.78, 5) is 31.0. The number of urea groups is 1. The van der Waals surface area contributed by atoms with Crippen molar-refractivity contribution in [3.05, 3.63) is 52.8 Å². The molecule has 0 unspecified atom stereocenters. The van der Waals surface area contributed by atoms with Crippen LogP contribution in [0.1, 0.15) is 11.3 Å². The van der Waals surface area contributed by atoms with E-state index >= 15 is 0 Å². The normalized spacial score (nSPS) is 14.6. The number of nitrogens with zero attached hydrogens (tertiary/aromatic N) is 3. The lowest BCUT2D eigenvalue weighted by Crippen LogP contribution is -2.47. The van der Waals surface area contributed by atoms with Crippen molar-refractivity contribution >= 4 is 35.1 Å². The predicted molar refractivity (Wildman–Crippen MR) is 108 cm³/mol. The van der Waals surface area contributed by atoms with Gasteiger partial charge < -0.3 is 20.6 Å². The quantitative estimate of drug-likeness (QED) is 0.726. The van der Waals surface area contributed by atoms with Crippen LogP contribution in [-0.4, -0.2) is 58.2 Å². The number of halogens is 1. The smallest absolute Gasteiger partial charge is 0.407 e. The van der Waals surface area contributed by atoms with Gasteiger partial charge in [-0.05, 0) is 36.8 Å². The fourth-order valence-electron chi connectivity index (χ4n) is 2.95. The molecule has 1 aliphatic heterocycles. The van der Waals surface area contributed by atoms with Gasteiger partial charge in [-0.25, -0.2) is 9.59 Å². The molecule has 2 aromatic rings. The molecule has 9 heteroatoms. The molecule has 3 rings (SSSR count). The molecule has 1 aromatic carbocycles. The summed E-state index contributed by atoms with van der Waals surface area (Å²) in [6, 6.07) is 8.66. The third-order valence-electron chi connectivity index (χ3n) is 4.50. The summed E-state index contributed by atoms with van der Waals surface area (Å²) in [6.45, 7) is 4.83. The van der Waals surface area contributed by atoms with Crippen LogP contribution in [0.15, 0.2) is 36.5 Å². The highest BCUT2D eigenvalue weighted by atomic mass is 35.5. The number of aromatic nitrogens is 1. The van der Waals surface area contributed by atoms with Gasteiger partial charge in [0.2, 0.25) is 0 Å². The van der Waals surface area contributed by atoms with E-state index in [-0.39, 0.29) is 0 Å². The SMILES string of the molecule is Cc1ccc(NC(=O)Nc2cc(CN3CCN(C(=O)O)CC3)ccc2Cl)cn1. The summed E-state index contributed by atoms with van der Waals surface area (Å²) in [5.41, 5.74) is 2.96. The van der Waals surface area contributed by atoms with Crippen molar-refractivity contribution in [2.45, 2.75) is 13.5 Å². The van der Waals surface area contributed by atoms with Gasteiger partial charge in [-0.2, -0.15) is 0 Å². The number of anilines is 2. The lowest BCUT2D eigenvalue weighted by Gasteiger charge is -2.33. The van der Waals surface area contributed by atoms with Crippen molar-refractivity contribution < 1.29 is 14.7 Å². The lowest BCUT2D eigenvalue weighted by molar-refractivity contribution is 0.103. The Morgan fingerprint density at radius 1 is 1.14 bits per heavy atom. The van der Waals surface area contributed by atoms with Crippen LogP contribution < -0.4 is 10.6 Å². The lowest BCUT2D eigenvalue weighted by atomic mass is 10.1. The Kier molecular flexibility index (Phi) is 6.33. The van der Waals surface area contributed by atoms with E-state index in [9.17, 15) is 9.59 Å². The number of carbonyl (C=O) groups excluding carboxylic acids is 1. The van der Waals surface area contributed by atoms with Crippen molar-refractivity contribution in [1.82, 2.24) is 14.8 Å². The Balaban J connectivity index is 1.59. The second-order valence-corrected chi connectivity index (χ2v) is 7.03. The van der Waals surface area contributed by atoms with Crippen LogP contribution in [-0.2, 0) is 6.54 Å². The maximum atomic E-state index is 12.2. The topological polar surface area (TPSA) is 97.8 Å². The second-order valence-electron chi connectivity index (χ2n) is 6.63. The van der Waals surface area contributed by atoms with E-state index in [0.29, 0.717) is 49.1 Å².